The Morgan fingerprint density at radius 2 is 1.54 bits per heavy atom. The van der Waals surface area contributed by atoms with E-state index in [0.717, 1.165) is 43.1 Å². The maximum atomic E-state index is 7.05. The molecule has 1 saturated heterocycles. The summed E-state index contributed by atoms with van der Waals surface area (Å²) in [6, 6.07) is 28.2. The molecule has 0 saturated carbocycles. The minimum Gasteiger partial charge on any atom is -0.459 e. The number of likely N-dealkylation sites (N-methyl/N-ethyl adjacent to an activating group) is 1. The third-order valence-electron chi connectivity index (χ3n) is 8.50. The van der Waals surface area contributed by atoms with Crippen LogP contribution in [0.2, 0.25) is 0 Å². The summed E-state index contributed by atoms with van der Waals surface area (Å²) in [5.74, 6) is 0.847. The van der Waals surface area contributed by atoms with E-state index in [1.165, 1.54) is 33.5 Å². The number of ether oxygens (including phenoxy) is 2. The molecule has 0 bridgehead atoms. The smallest absolute Gasteiger partial charge is 0.228 e. The third kappa shape index (κ3) is 3.17. The van der Waals surface area contributed by atoms with Gasteiger partial charge in [0, 0.05) is 36.9 Å². The van der Waals surface area contributed by atoms with Crippen LogP contribution in [-0.4, -0.2) is 45.3 Å². The Morgan fingerprint density at radius 1 is 0.838 bits per heavy atom. The quantitative estimate of drug-likeness (QED) is 0.319. The first-order valence-electron chi connectivity index (χ1n) is 13.1. The van der Waals surface area contributed by atoms with Crippen molar-refractivity contribution in [1.29, 1.82) is 0 Å². The lowest BCUT2D eigenvalue weighted by atomic mass is 9.77. The number of para-hydroxylation sites is 1. The molecule has 3 aliphatic heterocycles. The van der Waals surface area contributed by atoms with Crippen LogP contribution in [0.5, 0.6) is 5.75 Å². The van der Waals surface area contributed by atoms with Crippen LogP contribution in [0.25, 0.3) is 21.9 Å². The summed E-state index contributed by atoms with van der Waals surface area (Å²) in [5.41, 5.74) is 5.93. The normalized spacial score (nSPS) is 21.7. The first kappa shape index (κ1) is 22.4. The van der Waals surface area contributed by atoms with Crippen LogP contribution in [0.4, 0.5) is 17.1 Å². The lowest BCUT2D eigenvalue weighted by molar-refractivity contribution is 0.0842. The summed E-state index contributed by atoms with van der Waals surface area (Å²) in [6.07, 6.45) is 2.01. The monoisotopic (exact) mass is 489 g/mol. The van der Waals surface area contributed by atoms with Gasteiger partial charge in [0.2, 0.25) is 5.72 Å². The zero-order chi connectivity index (χ0) is 25.2. The number of nitrogens with zero attached hydrogens (tertiary/aromatic N) is 3. The zero-order valence-electron chi connectivity index (χ0n) is 21.6. The lowest BCUT2D eigenvalue weighted by Crippen LogP contribution is -2.61. The Balaban J connectivity index is 1.33. The highest BCUT2D eigenvalue weighted by atomic mass is 16.5. The van der Waals surface area contributed by atoms with Gasteiger partial charge in [0.1, 0.15) is 5.69 Å². The van der Waals surface area contributed by atoms with Gasteiger partial charge in [-0.2, -0.15) is 0 Å². The molecule has 3 heterocycles. The first-order valence-corrected chi connectivity index (χ1v) is 13.1. The number of aliphatic imine (C=N–C) groups is 1. The molecule has 5 heteroatoms. The molecule has 3 aliphatic rings. The van der Waals surface area contributed by atoms with Crippen LogP contribution in [0.3, 0.4) is 0 Å². The average molecular weight is 490 g/mol. The van der Waals surface area contributed by atoms with Crippen LogP contribution in [-0.2, 0) is 10.2 Å². The Hall–Kier alpha value is -3.83. The zero-order valence-corrected chi connectivity index (χ0v) is 21.6. The highest BCUT2D eigenvalue weighted by Gasteiger charge is 2.58. The number of hydrogen-bond donors (Lipinski definition) is 0. The van der Waals surface area contributed by atoms with E-state index in [0.29, 0.717) is 0 Å². The van der Waals surface area contributed by atoms with Crippen molar-refractivity contribution < 1.29 is 9.47 Å². The number of hydrogen-bond acceptors (Lipinski definition) is 5. The molecule has 0 N–H and O–H groups in total. The maximum Gasteiger partial charge on any atom is 0.228 e. The van der Waals surface area contributed by atoms with Crippen LogP contribution in [0.1, 0.15) is 19.4 Å². The second kappa shape index (κ2) is 8.09. The predicted molar refractivity (Wildman–Crippen MR) is 152 cm³/mol. The van der Waals surface area contributed by atoms with E-state index in [9.17, 15) is 0 Å². The SMILES string of the molecule is CN1c2ccccc2C(C)(C)C12C=Nc1cc(-c3ccc(N4CCOCC4)cc3)c3ccccc3c1O2. The van der Waals surface area contributed by atoms with Gasteiger partial charge in [-0.05, 0) is 60.2 Å². The molecule has 0 amide bonds. The molecular weight excluding hydrogens is 458 g/mol. The van der Waals surface area contributed by atoms with Gasteiger partial charge in [0.05, 0.1) is 24.8 Å². The highest BCUT2D eigenvalue weighted by Crippen LogP contribution is 2.55. The minimum absolute atomic E-state index is 0.283. The van der Waals surface area contributed by atoms with E-state index in [4.69, 9.17) is 14.5 Å². The molecular formula is C32H31N3O2. The molecule has 37 heavy (non-hydrogen) atoms. The van der Waals surface area contributed by atoms with Gasteiger partial charge in [-0.1, -0.05) is 54.6 Å². The second-order valence-corrected chi connectivity index (χ2v) is 10.7. The Bertz CT molecular complexity index is 1540. The summed E-state index contributed by atoms with van der Waals surface area (Å²) in [6.45, 7) is 7.94. The van der Waals surface area contributed by atoms with Crippen molar-refractivity contribution in [3.63, 3.8) is 0 Å². The van der Waals surface area contributed by atoms with Crippen LogP contribution in [0.15, 0.2) is 83.9 Å². The predicted octanol–water partition coefficient (Wildman–Crippen LogP) is 6.56. The van der Waals surface area contributed by atoms with Crippen LogP contribution < -0.4 is 14.5 Å². The van der Waals surface area contributed by atoms with Gasteiger partial charge >= 0.3 is 0 Å². The molecule has 1 unspecified atom stereocenters. The molecule has 1 fully saturated rings. The molecule has 4 aromatic rings. The third-order valence-corrected chi connectivity index (χ3v) is 8.50. The fourth-order valence-electron chi connectivity index (χ4n) is 6.32. The van der Waals surface area contributed by atoms with E-state index < -0.39 is 5.72 Å². The standard InChI is InChI=1S/C32H31N3O2/c1-31(2)27-10-6-7-11-29(27)34(3)32(31)21-33-28-20-26(24-8-4-5-9-25(24)30(28)37-32)22-12-14-23(15-13-22)35-16-18-36-19-17-35/h4-15,20-21H,16-19H2,1-3H3. The van der Waals surface area contributed by atoms with Crippen molar-refractivity contribution in [3.05, 3.63) is 84.4 Å². The van der Waals surface area contributed by atoms with Crippen LogP contribution in [0, 0.1) is 0 Å². The van der Waals surface area contributed by atoms with Gasteiger partial charge in [-0.3, -0.25) is 4.99 Å². The topological polar surface area (TPSA) is 37.3 Å². The van der Waals surface area contributed by atoms with Crippen molar-refractivity contribution in [2.75, 3.05) is 43.2 Å². The molecule has 0 aliphatic carbocycles. The van der Waals surface area contributed by atoms with Gasteiger partial charge in [-0.25, -0.2) is 0 Å². The Morgan fingerprint density at radius 3 is 2.30 bits per heavy atom. The number of morpholine rings is 1. The lowest BCUT2D eigenvalue weighted by Gasteiger charge is -2.45. The minimum atomic E-state index is -0.701. The van der Waals surface area contributed by atoms with Gasteiger partial charge < -0.3 is 19.3 Å². The summed E-state index contributed by atoms with van der Waals surface area (Å²) in [4.78, 5) is 9.69. The van der Waals surface area contributed by atoms with E-state index >= 15 is 0 Å². The highest BCUT2D eigenvalue weighted by molar-refractivity contribution is 6.05. The maximum absolute atomic E-state index is 7.05. The van der Waals surface area contributed by atoms with Gasteiger partial charge in [-0.15, -0.1) is 0 Å². The number of rotatable bonds is 2. The van der Waals surface area contributed by atoms with Gasteiger partial charge in [0.25, 0.3) is 0 Å². The van der Waals surface area contributed by atoms with E-state index in [2.05, 4.69) is 110 Å². The average Bonchev–Trinajstić information content (AvgIpc) is 3.11. The molecule has 5 nitrogen and oxygen atoms in total. The summed E-state index contributed by atoms with van der Waals surface area (Å²) in [7, 11) is 2.11. The van der Waals surface area contributed by atoms with Crippen molar-refractivity contribution >= 4 is 34.0 Å². The summed E-state index contributed by atoms with van der Waals surface area (Å²) in [5, 5.41) is 2.26. The summed E-state index contributed by atoms with van der Waals surface area (Å²) < 4.78 is 12.6. The molecule has 0 radical (unpaired) electrons. The van der Waals surface area contributed by atoms with Crippen molar-refractivity contribution in [2.45, 2.75) is 25.0 Å². The molecule has 1 spiro atoms. The molecule has 7 rings (SSSR count). The molecule has 0 aromatic heterocycles. The second-order valence-electron chi connectivity index (χ2n) is 10.7. The molecule has 1 atom stereocenters. The summed E-state index contributed by atoms with van der Waals surface area (Å²) >= 11 is 0. The van der Waals surface area contributed by atoms with E-state index in [1.54, 1.807) is 0 Å². The van der Waals surface area contributed by atoms with Crippen molar-refractivity contribution in [1.82, 2.24) is 0 Å². The van der Waals surface area contributed by atoms with E-state index in [-0.39, 0.29) is 5.41 Å². The largest absolute Gasteiger partial charge is 0.459 e. The molecule has 4 aromatic carbocycles. The van der Waals surface area contributed by atoms with Crippen molar-refractivity contribution in [2.24, 2.45) is 4.99 Å². The van der Waals surface area contributed by atoms with E-state index in [1.807, 2.05) is 6.21 Å². The fourth-order valence-corrected chi connectivity index (χ4v) is 6.32. The number of benzene rings is 4. The Labute approximate surface area is 218 Å². The van der Waals surface area contributed by atoms with Crippen LogP contribution >= 0.6 is 0 Å². The molecule has 186 valence electrons. The number of anilines is 2. The fraction of sp³-hybridized carbons (Fsp3) is 0.281. The number of fused-ring (bicyclic) bond motifs is 4. The Kier molecular flexibility index (Phi) is 4.89. The van der Waals surface area contributed by atoms with Gasteiger partial charge in [0.15, 0.2) is 5.75 Å². The van der Waals surface area contributed by atoms with Crippen molar-refractivity contribution in [3.8, 4) is 16.9 Å². The first-order chi connectivity index (χ1) is 18.0.